The fourth-order valence-corrected chi connectivity index (χ4v) is 5.02. The number of nitrogens with zero attached hydrogens (tertiary/aromatic N) is 4. The van der Waals surface area contributed by atoms with E-state index in [-0.39, 0.29) is 11.5 Å². The number of likely N-dealkylation sites (tertiary alicyclic amines) is 1. The van der Waals surface area contributed by atoms with Gasteiger partial charge in [0, 0.05) is 37.4 Å². The number of aromatic nitrogens is 2. The van der Waals surface area contributed by atoms with Crippen molar-refractivity contribution in [2.45, 2.75) is 64.0 Å². The molecule has 7 nitrogen and oxygen atoms in total. The zero-order chi connectivity index (χ0) is 19.0. The molecular weight excluding hydrogens is 344 g/mol. The lowest BCUT2D eigenvalue weighted by Gasteiger charge is -2.40. The molecule has 3 aliphatic rings. The monoisotopic (exact) mass is 374 g/mol. The number of aliphatic hydroxyl groups is 1. The summed E-state index contributed by atoms with van der Waals surface area (Å²) in [5.41, 5.74) is 0.561. The second-order valence-electron chi connectivity index (χ2n) is 8.37. The maximum absolute atomic E-state index is 13.4. The third kappa shape index (κ3) is 3.49. The minimum atomic E-state index is -0.311. The van der Waals surface area contributed by atoms with Gasteiger partial charge in [-0.25, -0.2) is 4.98 Å². The fraction of sp³-hybridized carbons (Fsp3) is 0.750. The molecule has 7 heteroatoms. The van der Waals surface area contributed by atoms with Crippen LogP contribution < -0.4 is 9.64 Å². The summed E-state index contributed by atoms with van der Waals surface area (Å²) in [6.45, 7) is 4.33. The van der Waals surface area contributed by atoms with Crippen LogP contribution >= 0.6 is 0 Å². The van der Waals surface area contributed by atoms with Gasteiger partial charge < -0.3 is 19.6 Å². The Balaban J connectivity index is 1.51. The first-order valence-corrected chi connectivity index (χ1v) is 10.1. The van der Waals surface area contributed by atoms with Gasteiger partial charge in [-0.15, -0.1) is 0 Å². The first-order chi connectivity index (χ1) is 13.0. The molecule has 1 aromatic rings. The molecule has 1 spiro atoms. The molecule has 27 heavy (non-hydrogen) atoms. The van der Waals surface area contributed by atoms with Crippen LogP contribution in [0.5, 0.6) is 5.88 Å². The Labute approximate surface area is 160 Å². The number of anilines is 1. The summed E-state index contributed by atoms with van der Waals surface area (Å²) < 4.78 is 5.30. The molecule has 1 saturated carbocycles. The number of hydrogen-bond donors (Lipinski definition) is 1. The van der Waals surface area contributed by atoms with Crippen molar-refractivity contribution in [3.8, 4) is 5.88 Å². The molecule has 1 aliphatic carbocycles. The summed E-state index contributed by atoms with van der Waals surface area (Å²) in [4.78, 5) is 26.8. The van der Waals surface area contributed by atoms with E-state index in [2.05, 4.69) is 19.8 Å². The van der Waals surface area contributed by atoms with Gasteiger partial charge >= 0.3 is 0 Å². The Morgan fingerprint density at radius 1 is 1.19 bits per heavy atom. The van der Waals surface area contributed by atoms with Crippen molar-refractivity contribution in [3.05, 3.63) is 11.8 Å². The van der Waals surface area contributed by atoms with Crippen molar-refractivity contribution in [2.24, 2.45) is 5.41 Å². The van der Waals surface area contributed by atoms with Gasteiger partial charge in [-0.05, 0) is 51.9 Å². The SMILES string of the molecule is COc1cc(C)nc(N2CCC[C@]3(CCN([C@H]4CC[C@H](O)CC4)C3=O)C2)n1. The number of carbonyl (C=O) groups excluding carboxylic acids is 1. The van der Waals surface area contributed by atoms with Gasteiger partial charge in [-0.1, -0.05) is 0 Å². The highest BCUT2D eigenvalue weighted by Crippen LogP contribution is 2.43. The van der Waals surface area contributed by atoms with E-state index in [1.54, 1.807) is 7.11 Å². The van der Waals surface area contributed by atoms with E-state index < -0.39 is 0 Å². The van der Waals surface area contributed by atoms with E-state index >= 15 is 0 Å². The van der Waals surface area contributed by atoms with Gasteiger partial charge in [0.2, 0.25) is 17.7 Å². The average molecular weight is 374 g/mol. The third-order valence-corrected chi connectivity index (χ3v) is 6.54. The van der Waals surface area contributed by atoms with Gasteiger partial charge in [0.05, 0.1) is 18.6 Å². The van der Waals surface area contributed by atoms with Crippen molar-refractivity contribution < 1.29 is 14.6 Å². The Morgan fingerprint density at radius 3 is 2.70 bits per heavy atom. The van der Waals surface area contributed by atoms with Gasteiger partial charge in [-0.2, -0.15) is 4.98 Å². The zero-order valence-corrected chi connectivity index (χ0v) is 16.4. The molecule has 1 aromatic heterocycles. The van der Waals surface area contributed by atoms with E-state index in [0.717, 1.165) is 63.7 Å². The quantitative estimate of drug-likeness (QED) is 0.871. The molecule has 2 saturated heterocycles. The minimum Gasteiger partial charge on any atom is -0.481 e. The number of aryl methyl sites for hydroxylation is 1. The number of rotatable bonds is 3. The Morgan fingerprint density at radius 2 is 1.96 bits per heavy atom. The summed E-state index contributed by atoms with van der Waals surface area (Å²) in [5.74, 6) is 1.53. The summed E-state index contributed by atoms with van der Waals surface area (Å²) >= 11 is 0. The van der Waals surface area contributed by atoms with Crippen LogP contribution in [0.3, 0.4) is 0 Å². The van der Waals surface area contributed by atoms with Crippen molar-refractivity contribution in [1.29, 1.82) is 0 Å². The van der Waals surface area contributed by atoms with Crippen LogP contribution in [-0.4, -0.2) is 64.8 Å². The first-order valence-electron chi connectivity index (χ1n) is 10.1. The largest absolute Gasteiger partial charge is 0.481 e. The van der Waals surface area contributed by atoms with Gasteiger partial charge in [0.15, 0.2) is 0 Å². The van der Waals surface area contributed by atoms with Crippen LogP contribution in [-0.2, 0) is 4.79 Å². The Bertz CT molecular complexity index is 704. The highest BCUT2D eigenvalue weighted by Gasteiger charge is 2.51. The molecule has 3 fully saturated rings. The van der Waals surface area contributed by atoms with Crippen molar-refractivity contribution in [1.82, 2.24) is 14.9 Å². The molecule has 4 rings (SSSR count). The number of methoxy groups -OCH3 is 1. The highest BCUT2D eigenvalue weighted by atomic mass is 16.5. The second kappa shape index (κ2) is 7.26. The smallest absolute Gasteiger partial charge is 0.230 e. The summed E-state index contributed by atoms with van der Waals surface area (Å²) in [6.07, 6.45) is 6.10. The molecule has 0 unspecified atom stereocenters. The topological polar surface area (TPSA) is 78.8 Å². The highest BCUT2D eigenvalue weighted by molar-refractivity contribution is 5.86. The standard InChI is InChI=1S/C20H30N4O3/c1-14-12-17(27-2)22-19(21-14)23-10-3-8-20(13-23)9-11-24(18(20)26)15-4-6-16(25)7-5-15/h12,15-16,25H,3-11,13H2,1-2H3/t15-,16-,20-/m0/s1. The van der Waals surface area contributed by atoms with E-state index in [1.807, 2.05) is 13.0 Å². The van der Waals surface area contributed by atoms with E-state index in [1.165, 1.54) is 0 Å². The van der Waals surface area contributed by atoms with E-state index in [4.69, 9.17) is 4.74 Å². The van der Waals surface area contributed by atoms with Gasteiger partial charge in [-0.3, -0.25) is 4.79 Å². The van der Waals surface area contributed by atoms with Crippen LogP contribution in [0.25, 0.3) is 0 Å². The molecule has 0 radical (unpaired) electrons. The molecule has 1 atom stereocenters. The molecule has 2 aliphatic heterocycles. The number of hydrogen-bond acceptors (Lipinski definition) is 6. The minimum absolute atomic E-state index is 0.188. The van der Waals surface area contributed by atoms with Crippen molar-refractivity contribution in [2.75, 3.05) is 31.6 Å². The van der Waals surface area contributed by atoms with Crippen molar-refractivity contribution in [3.63, 3.8) is 0 Å². The third-order valence-electron chi connectivity index (χ3n) is 6.54. The molecule has 148 valence electrons. The predicted molar refractivity (Wildman–Crippen MR) is 102 cm³/mol. The van der Waals surface area contributed by atoms with Crippen molar-refractivity contribution >= 4 is 11.9 Å². The van der Waals surface area contributed by atoms with Gasteiger partial charge in [0.1, 0.15) is 0 Å². The summed E-state index contributed by atoms with van der Waals surface area (Å²) in [6, 6.07) is 2.12. The molecule has 1 amide bonds. The lowest BCUT2D eigenvalue weighted by atomic mass is 9.78. The average Bonchev–Trinajstić information content (AvgIpc) is 2.98. The zero-order valence-electron chi connectivity index (χ0n) is 16.4. The van der Waals surface area contributed by atoms with E-state index in [9.17, 15) is 9.90 Å². The Kier molecular flexibility index (Phi) is 4.97. The lowest BCUT2D eigenvalue weighted by Crippen LogP contribution is -2.50. The molecular formula is C20H30N4O3. The van der Waals surface area contributed by atoms with Crippen LogP contribution in [0.1, 0.15) is 50.6 Å². The maximum Gasteiger partial charge on any atom is 0.230 e. The number of aliphatic hydroxyl groups excluding tert-OH is 1. The number of carbonyl (C=O) groups is 1. The first kappa shape index (κ1) is 18.5. The Hall–Kier alpha value is -1.89. The molecule has 3 heterocycles. The van der Waals surface area contributed by atoms with E-state index in [0.29, 0.717) is 30.3 Å². The molecule has 0 bridgehead atoms. The maximum atomic E-state index is 13.4. The van der Waals surface area contributed by atoms with Gasteiger partial charge in [0.25, 0.3) is 0 Å². The summed E-state index contributed by atoms with van der Waals surface area (Å²) in [7, 11) is 1.61. The molecule has 0 aromatic carbocycles. The van der Waals surface area contributed by atoms with Crippen LogP contribution in [0.4, 0.5) is 5.95 Å². The number of ether oxygens (including phenoxy) is 1. The van der Waals surface area contributed by atoms with Crippen LogP contribution in [0.2, 0.25) is 0 Å². The summed E-state index contributed by atoms with van der Waals surface area (Å²) in [5, 5.41) is 9.77. The number of piperidine rings is 1. The lowest BCUT2D eigenvalue weighted by molar-refractivity contribution is -0.139. The fourth-order valence-electron chi connectivity index (χ4n) is 5.02. The second-order valence-corrected chi connectivity index (χ2v) is 8.37. The predicted octanol–water partition coefficient (Wildman–Crippen LogP) is 1.92. The molecule has 1 N–H and O–H groups in total. The van der Waals surface area contributed by atoms with Crippen LogP contribution in [0.15, 0.2) is 6.07 Å². The normalized spacial score (nSPS) is 31.6. The van der Waals surface area contributed by atoms with Crippen LogP contribution in [0, 0.1) is 12.3 Å². The number of amides is 1.